The number of carbonyl (C=O) groups excluding carboxylic acids is 1. The van der Waals surface area contributed by atoms with Crippen LogP contribution in [0.15, 0.2) is 18.2 Å². The Kier molecular flexibility index (Phi) is 6.29. The molecule has 0 fully saturated rings. The van der Waals surface area contributed by atoms with Crippen LogP contribution in [-0.4, -0.2) is 28.5 Å². The van der Waals surface area contributed by atoms with Gasteiger partial charge in [0.1, 0.15) is 5.82 Å². The van der Waals surface area contributed by atoms with Gasteiger partial charge in [-0.2, -0.15) is 11.8 Å². The fourth-order valence-electron chi connectivity index (χ4n) is 1.54. The van der Waals surface area contributed by atoms with Crippen LogP contribution < -0.4 is 5.32 Å². The number of benzene rings is 1. The number of halogens is 2. The minimum Gasteiger partial charge on any atom is -0.479 e. The maximum atomic E-state index is 13.4. The highest BCUT2D eigenvalue weighted by atomic mass is 35.5. The number of nitrogens with one attached hydrogen (secondary N) is 1. The van der Waals surface area contributed by atoms with Crippen LogP contribution in [0.1, 0.15) is 24.9 Å². The highest BCUT2D eigenvalue weighted by Crippen LogP contribution is 2.21. The second-order valence-corrected chi connectivity index (χ2v) is 5.95. The summed E-state index contributed by atoms with van der Waals surface area (Å²) in [6, 6.07) is 2.36. The average Bonchev–Trinajstić information content (AvgIpc) is 2.38. The SMILES string of the molecule is CSC(C)CC(=O)NC(C(=O)O)c1ccc(Cl)c(F)c1. The molecule has 0 heterocycles. The first-order valence-corrected chi connectivity index (χ1v) is 7.51. The lowest BCUT2D eigenvalue weighted by Gasteiger charge is -2.16. The van der Waals surface area contributed by atoms with Gasteiger partial charge in [0, 0.05) is 11.7 Å². The molecule has 1 aromatic carbocycles. The van der Waals surface area contributed by atoms with Gasteiger partial charge in [-0.25, -0.2) is 9.18 Å². The number of aliphatic carboxylic acids is 1. The highest BCUT2D eigenvalue weighted by Gasteiger charge is 2.23. The molecular formula is C13H15ClFNO3S. The third-order valence-corrected chi connectivity index (χ3v) is 3.98. The normalized spacial score (nSPS) is 13.6. The van der Waals surface area contributed by atoms with Crippen LogP contribution in [0, 0.1) is 5.82 Å². The molecule has 1 rings (SSSR count). The molecule has 4 nitrogen and oxygen atoms in total. The van der Waals surface area contributed by atoms with Crippen LogP contribution in [0.3, 0.4) is 0 Å². The van der Waals surface area contributed by atoms with Crippen molar-refractivity contribution in [3.8, 4) is 0 Å². The summed E-state index contributed by atoms with van der Waals surface area (Å²) in [5.74, 6) is -2.37. The van der Waals surface area contributed by atoms with Crippen molar-refractivity contribution in [1.29, 1.82) is 0 Å². The van der Waals surface area contributed by atoms with Gasteiger partial charge in [0.25, 0.3) is 0 Å². The van der Waals surface area contributed by atoms with Crippen molar-refractivity contribution in [1.82, 2.24) is 5.32 Å². The van der Waals surface area contributed by atoms with E-state index in [4.69, 9.17) is 16.7 Å². The first-order valence-electron chi connectivity index (χ1n) is 5.85. The Hall–Kier alpha value is -1.27. The molecule has 7 heteroatoms. The van der Waals surface area contributed by atoms with Gasteiger partial charge in [-0.3, -0.25) is 4.79 Å². The molecule has 110 valence electrons. The molecule has 0 aliphatic rings. The Morgan fingerprint density at radius 3 is 2.65 bits per heavy atom. The topological polar surface area (TPSA) is 66.4 Å². The van der Waals surface area contributed by atoms with Crippen molar-refractivity contribution in [2.75, 3.05) is 6.26 Å². The van der Waals surface area contributed by atoms with Gasteiger partial charge in [0.05, 0.1) is 5.02 Å². The van der Waals surface area contributed by atoms with E-state index in [0.717, 1.165) is 6.07 Å². The van der Waals surface area contributed by atoms with Gasteiger partial charge >= 0.3 is 5.97 Å². The van der Waals surface area contributed by atoms with Crippen molar-refractivity contribution >= 4 is 35.2 Å². The van der Waals surface area contributed by atoms with E-state index in [2.05, 4.69) is 5.32 Å². The van der Waals surface area contributed by atoms with E-state index in [1.165, 1.54) is 23.9 Å². The molecule has 0 saturated heterocycles. The fourth-order valence-corrected chi connectivity index (χ4v) is 1.98. The van der Waals surface area contributed by atoms with E-state index < -0.39 is 23.7 Å². The Morgan fingerprint density at radius 2 is 2.15 bits per heavy atom. The Balaban J connectivity index is 2.86. The van der Waals surface area contributed by atoms with E-state index in [-0.39, 0.29) is 22.3 Å². The number of hydrogen-bond acceptors (Lipinski definition) is 3. The maximum Gasteiger partial charge on any atom is 0.330 e. The molecule has 2 atom stereocenters. The second kappa shape index (κ2) is 7.50. The van der Waals surface area contributed by atoms with E-state index in [1.54, 1.807) is 0 Å². The molecule has 0 aliphatic heterocycles. The van der Waals surface area contributed by atoms with E-state index >= 15 is 0 Å². The maximum absolute atomic E-state index is 13.4. The van der Waals surface area contributed by atoms with Gasteiger partial charge in [0.15, 0.2) is 6.04 Å². The smallest absolute Gasteiger partial charge is 0.330 e. The molecule has 0 spiro atoms. The predicted molar refractivity (Wildman–Crippen MR) is 77.5 cm³/mol. The summed E-state index contributed by atoms with van der Waals surface area (Å²) in [5, 5.41) is 11.5. The molecule has 2 unspecified atom stereocenters. The number of amides is 1. The monoisotopic (exact) mass is 319 g/mol. The standard InChI is InChI=1S/C13H15ClFNO3S/c1-7(20-2)5-11(17)16-12(13(18)19)8-3-4-9(14)10(15)6-8/h3-4,6-7,12H,5H2,1-2H3,(H,16,17)(H,18,19). The lowest BCUT2D eigenvalue weighted by atomic mass is 10.1. The zero-order valence-electron chi connectivity index (χ0n) is 11.0. The summed E-state index contributed by atoms with van der Waals surface area (Å²) >= 11 is 7.05. The molecule has 1 aromatic rings. The summed E-state index contributed by atoms with van der Waals surface area (Å²) in [4.78, 5) is 23.0. The molecule has 1 amide bonds. The van der Waals surface area contributed by atoms with E-state index in [1.807, 2.05) is 13.2 Å². The zero-order valence-corrected chi connectivity index (χ0v) is 12.6. The molecule has 2 N–H and O–H groups in total. The Labute approximate surface area is 125 Å². The summed E-state index contributed by atoms with van der Waals surface area (Å²) in [5.41, 5.74) is 0.143. The van der Waals surface area contributed by atoms with Crippen LogP contribution >= 0.6 is 23.4 Å². The summed E-state index contributed by atoms with van der Waals surface area (Å²) in [7, 11) is 0. The molecule has 0 aromatic heterocycles. The second-order valence-electron chi connectivity index (χ2n) is 4.26. The number of thioether (sulfide) groups is 1. The molecule has 20 heavy (non-hydrogen) atoms. The molecular weight excluding hydrogens is 305 g/mol. The number of rotatable bonds is 6. The van der Waals surface area contributed by atoms with Crippen LogP contribution in [0.25, 0.3) is 0 Å². The number of hydrogen-bond donors (Lipinski definition) is 2. The predicted octanol–water partition coefficient (Wildman–Crippen LogP) is 2.86. The number of carboxylic acids is 1. The van der Waals surface area contributed by atoms with E-state index in [9.17, 15) is 14.0 Å². The van der Waals surface area contributed by atoms with Crippen LogP contribution in [-0.2, 0) is 9.59 Å². The minimum atomic E-state index is -1.29. The van der Waals surface area contributed by atoms with Gasteiger partial charge in [0.2, 0.25) is 5.91 Å². The van der Waals surface area contributed by atoms with Crippen molar-refractivity contribution < 1.29 is 19.1 Å². The molecule has 0 saturated carbocycles. The first-order chi connectivity index (χ1) is 9.35. The van der Waals surface area contributed by atoms with Crippen LogP contribution in [0.4, 0.5) is 4.39 Å². The van der Waals surface area contributed by atoms with Gasteiger partial charge in [-0.1, -0.05) is 24.6 Å². The Bertz CT molecular complexity index is 512. The largest absolute Gasteiger partial charge is 0.479 e. The minimum absolute atomic E-state index is 0.0754. The summed E-state index contributed by atoms with van der Waals surface area (Å²) in [6.45, 7) is 1.86. The molecule has 0 aliphatic carbocycles. The molecule has 0 radical (unpaired) electrons. The fraction of sp³-hybridized carbons (Fsp3) is 0.385. The lowest BCUT2D eigenvalue weighted by molar-refractivity contribution is -0.142. The third-order valence-electron chi connectivity index (χ3n) is 2.70. The third kappa shape index (κ3) is 4.68. The first kappa shape index (κ1) is 16.8. The van der Waals surface area contributed by atoms with Gasteiger partial charge < -0.3 is 10.4 Å². The Morgan fingerprint density at radius 1 is 1.50 bits per heavy atom. The lowest BCUT2D eigenvalue weighted by Crippen LogP contribution is -2.34. The van der Waals surface area contributed by atoms with Crippen LogP contribution in [0.5, 0.6) is 0 Å². The summed E-state index contributed by atoms with van der Waals surface area (Å²) < 4.78 is 13.4. The van der Waals surface area contributed by atoms with Gasteiger partial charge in [-0.05, 0) is 24.0 Å². The van der Waals surface area contributed by atoms with E-state index in [0.29, 0.717) is 0 Å². The summed E-state index contributed by atoms with van der Waals surface area (Å²) in [6.07, 6.45) is 2.06. The quantitative estimate of drug-likeness (QED) is 0.846. The van der Waals surface area contributed by atoms with Crippen molar-refractivity contribution in [3.63, 3.8) is 0 Å². The zero-order chi connectivity index (χ0) is 15.3. The molecule has 0 bridgehead atoms. The van der Waals surface area contributed by atoms with Crippen molar-refractivity contribution in [2.24, 2.45) is 0 Å². The average molecular weight is 320 g/mol. The van der Waals surface area contributed by atoms with Crippen LogP contribution in [0.2, 0.25) is 5.02 Å². The van der Waals surface area contributed by atoms with Crippen molar-refractivity contribution in [2.45, 2.75) is 24.6 Å². The van der Waals surface area contributed by atoms with Crippen molar-refractivity contribution in [3.05, 3.63) is 34.6 Å². The number of carbonyl (C=O) groups is 2. The number of carboxylic acid groups (broad SMARTS) is 1. The van der Waals surface area contributed by atoms with Gasteiger partial charge in [-0.15, -0.1) is 0 Å². The highest BCUT2D eigenvalue weighted by molar-refractivity contribution is 7.99.